The van der Waals surface area contributed by atoms with E-state index in [4.69, 9.17) is 11.6 Å². The Bertz CT molecular complexity index is 497. The summed E-state index contributed by atoms with van der Waals surface area (Å²) in [6.07, 6.45) is 0. The van der Waals surface area contributed by atoms with Gasteiger partial charge in [0, 0.05) is 12.4 Å². The molecule has 0 aliphatic rings. The topological polar surface area (TPSA) is 46.2 Å². The van der Waals surface area contributed by atoms with E-state index in [1.54, 1.807) is 25.1 Å². The summed E-state index contributed by atoms with van der Waals surface area (Å²) in [5.41, 5.74) is 0.572. The van der Waals surface area contributed by atoms with Crippen molar-refractivity contribution in [1.82, 2.24) is 0 Å². The second-order valence-electron chi connectivity index (χ2n) is 5.05. The first-order chi connectivity index (χ1) is 8.32. The first-order valence-electron chi connectivity index (χ1n) is 5.94. The third-order valence-electron chi connectivity index (χ3n) is 2.72. The van der Waals surface area contributed by atoms with Crippen LogP contribution >= 0.6 is 11.6 Å². The van der Waals surface area contributed by atoms with Gasteiger partial charge in [-0.1, -0.05) is 32.9 Å². The highest BCUT2D eigenvalue weighted by Gasteiger charge is 2.19. The van der Waals surface area contributed by atoms with E-state index < -0.39 is 9.84 Å². The molecule has 1 aromatic rings. The Hall–Kier alpha value is -0.740. The van der Waals surface area contributed by atoms with E-state index in [9.17, 15) is 8.42 Å². The zero-order chi connectivity index (χ0) is 13.8. The molecule has 0 fully saturated rings. The molecule has 0 saturated carbocycles. The lowest BCUT2D eigenvalue weighted by Crippen LogP contribution is -2.25. The highest BCUT2D eigenvalue weighted by atomic mass is 35.5. The summed E-state index contributed by atoms with van der Waals surface area (Å²) in [5.74, 6) is 0.618. The third-order valence-corrected chi connectivity index (χ3v) is 5.23. The lowest BCUT2D eigenvalue weighted by atomic mass is 9.96. The number of halogens is 1. The van der Waals surface area contributed by atoms with Crippen LogP contribution in [0, 0.1) is 5.41 Å². The number of anilines is 1. The average Bonchev–Trinajstić information content (AvgIpc) is 2.37. The van der Waals surface area contributed by atoms with Crippen LogP contribution in [0.25, 0.3) is 0 Å². The molecular formula is C13H20ClNO2S. The minimum Gasteiger partial charge on any atom is -0.383 e. The van der Waals surface area contributed by atoms with E-state index in [0.29, 0.717) is 23.0 Å². The van der Waals surface area contributed by atoms with Gasteiger partial charge in [0.05, 0.1) is 16.3 Å². The highest BCUT2D eigenvalue weighted by molar-refractivity contribution is 7.91. The number of alkyl halides is 1. The number of para-hydroxylation sites is 1. The summed E-state index contributed by atoms with van der Waals surface area (Å²) in [6.45, 7) is 6.34. The minimum absolute atomic E-state index is 0.0787. The van der Waals surface area contributed by atoms with Crippen molar-refractivity contribution >= 4 is 27.1 Å². The third kappa shape index (κ3) is 3.89. The first-order valence-corrected chi connectivity index (χ1v) is 8.13. The minimum atomic E-state index is -3.20. The van der Waals surface area contributed by atoms with Crippen molar-refractivity contribution in [1.29, 1.82) is 0 Å². The van der Waals surface area contributed by atoms with Gasteiger partial charge in [0.2, 0.25) is 0 Å². The van der Waals surface area contributed by atoms with E-state index >= 15 is 0 Å². The second kappa shape index (κ2) is 5.93. The van der Waals surface area contributed by atoms with Crippen molar-refractivity contribution in [2.75, 3.05) is 23.5 Å². The molecule has 0 aliphatic carbocycles. The fourth-order valence-electron chi connectivity index (χ4n) is 1.42. The van der Waals surface area contributed by atoms with Crippen LogP contribution in [0.3, 0.4) is 0 Å². The van der Waals surface area contributed by atoms with Gasteiger partial charge in [0.25, 0.3) is 0 Å². The van der Waals surface area contributed by atoms with Gasteiger partial charge in [0.15, 0.2) is 9.84 Å². The number of benzene rings is 1. The van der Waals surface area contributed by atoms with Crippen LogP contribution in [-0.4, -0.2) is 26.6 Å². The van der Waals surface area contributed by atoms with Gasteiger partial charge in [-0.25, -0.2) is 8.42 Å². The second-order valence-corrected chi connectivity index (χ2v) is 7.56. The molecule has 0 spiro atoms. The van der Waals surface area contributed by atoms with E-state index in [-0.39, 0.29) is 11.2 Å². The summed E-state index contributed by atoms with van der Waals surface area (Å²) in [4.78, 5) is 0.359. The molecule has 0 amide bonds. The van der Waals surface area contributed by atoms with E-state index in [2.05, 4.69) is 5.32 Å². The average molecular weight is 290 g/mol. The van der Waals surface area contributed by atoms with Crippen LogP contribution in [0.15, 0.2) is 29.2 Å². The lowest BCUT2D eigenvalue weighted by molar-refractivity contribution is 0.450. The number of hydrogen-bond donors (Lipinski definition) is 1. The Labute approximate surface area is 114 Å². The Morgan fingerprint density at radius 3 is 2.44 bits per heavy atom. The molecule has 0 aliphatic heterocycles. The molecule has 102 valence electrons. The van der Waals surface area contributed by atoms with Crippen LogP contribution in [0.4, 0.5) is 5.69 Å². The molecule has 0 heterocycles. The van der Waals surface area contributed by atoms with E-state index in [1.807, 2.05) is 19.9 Å². The Kier molecular flexibility index (Phi) is 5.05. The van der Waals surface area contributed by atoms with Crippen LogP contribution in [0.2, 0.25) is 0 Å². The standard InChI is InChI=1S/C13H20ClNO2S/c1-4-18(16,17)12-8-6-5-7-11(12)15-10-13(2,3)9-14/h5-8,15H,4,9-10H2,1-3H3. The van der Waals surface area contributed by atoms with Crippen molar-refractivity contribution in [3.63, 3.8) is 0 Å². The summed E-state index contributed by atoms with van der Waals surface area (Å²) in [5, 5.41) is 3.18. The van der Waals surface area contributed by atoms with Gasteiger partial charge < -0.3 is 5.32 Å². The maximum atomic E-state index is 11.9. The monoisotopic (exact) mass is 289 g/mol. The van der Waals surface area contributed by atoms with Gasteiger partial charge >= 0.3 is 0 Å². The van der Waals surface area contributed by atoms with E-state index in [0.717, 1.165) is 0 Å². The van der Waals surface area contributed by atoms with Crippen molar-refractivity contribution < 1.29 is 8.42 Å². The lowest BCUT2D eigenvalue weighted by Gasteiger charge is -2.23. The molecule has 0 bridgehead atoms. The van der Waals surface area contributed by atoms with Gasteiger partial charge in [0.1, 0.15) is 0 Å². The first kappa shape index (κ1) is 15.3. The quantitative estimate of drug-likeness (QED) is 0.818. The fourth-order valence-corrected chi connectivity index (χ4v) is 2.59. The Morgan fingerprint density at radius 2 is 1.89 bits per heavy atom. The predicted molar refractivity (Wildman–Crippen MR) is 77.2 cm³/mol. The maximum Gasteiger partial charge on any atom is 0.180 e. The fraction of sp³-hybridized carbons (Fsp3) is 0.538. The predicted octanol–water partition coefficient (Wildman–Crippen LogP) is 3.16. The molecule has 1 aromatic carbocycles. The summed E-state index contributed by atoms with van der Waals surface area (Å²) < 4.78 is 23.9. The van der Waals surface area contributed by atoms with Crippen LogP contribution in [0.1, 0.15) is 20.8 Å². The normalized spacial score (nSPS) is 12.4. The van der Waals surface area contributed by atoms with Crippen LogP contribution < -0.4 is 5.32 Å². The van der Waals surface area contributed by atoms with Crippen molar-refractivity contribution in [3.05, 3.63) is 24.3 Å². The largest absolute Gasteiger partial charge is 0.383 e. The molecule has 5 heteroatoms. The Morgan fingerprint density at radius 1 is 1.28 bits per heavy atom. The number of nitrogens with one attached hydrogen (secondary N) is 1. The van der Waals surface area contributed by atoms with Gasteiger partial charge in [-0.15, -0.1) is 11.6 Å². The molecule has 1 rings (SSSR count). The smallest absolute Gasteiger partial charge is 0.180 e. The van der Waals surface area contributed by atoms with Gasteiger partial charge in [-0.2, -0.15) is 0 Å². The van der Waals surface area contributed by atoms with Crippen LogP contribution in [-0.2, 0) is 9.84 Å². The molecule has 18 heavy (non-hydrogen) atoms. The number of hydrogen-bond acceptors (Lipinski definition) is 3. The van der Waals surface area contributed by atoms with Crippen molar-refractivity contribution in [3.8, 4) is 0 Å². The molecule has 1 N–H and O–H groups in total. The molecule has 0 radical (unpaired) electrons. The SMILES string of the molecule is CCS(=O)(=O)c1ccccc1NCC(C)(C)CCl. The van der Waals surface area contributed by atoms with Gasteiger partial charge in [-0.3, -0.25) is 0 Å². The number of rotatable bonds is 6. The summed E-state index contributed by atoms with van der Waals surface area (Å²) >= 11 is 5.86. The van der Waals surface area contributed by atoms with Gasteiger partial charge in [-0.05, 0) is 17.5 Å². The van der Waals surface area contributed by atoms with Crippen LogP contribution in [0.5, 0.6) is 0 Å². The molecule has 0 saturated heterocycles. The molecule has 3 nitrogen and oxygen atoms in total. The maximum absolute atomic E-state index is 11.9. The van der Waals surface area contributed by atoms with Crippen molar-refractivity contribution in [2.24, 2.45) is 5.41 Å². The van der Waals surface area contributed by atoms with Crippen molar-refractivity contribution in [2.45, 2.75) is 25.7 Å². The highest BCUT2D eigenvalue weighted by Crippen LogP contribution is 2.24. The molecule has 0 unspecified atom stereocenters. The zero-order valence-corrected chi connectivity index (χ0v) is 12.6. The summed E-state index contributed by atoms with van der Waals surface area (Å²) in [6, 6.07) is 6.98. The number of sulfone groups is 1. The Balaban J connectivity index is 2.98. The molecule has 0 aromatic heterocycles. The molecule has 0 atom stereocenters. The molecular weight excluding hydrogens is 270 g/mol. The summed E-state index contributed by atoms with van der Waals surface area (Å²) in [7, 11) is -3.20. The zero-order valence-electron chi connectivity index (χ0n) is 11.0. The van der Waals surface area contributed by atoms with E-state index in [1.165, 1.54) is 0 Å².